The van der Waals surface area contributed by atoms with Crippen LogP contribution in [0.5, 0.6) is 0 Å². The molecule has 0 amide bonds. The number of carbonyl (C=O) groups excluding carboxylic acids is 1. The zero-order chi connectivity index (χ0) is 10.3. The number of carbonyl (C=O) groups is 1. The Hall–Kier alpha value is -0.330. The van der Waals surface area contributed by atoms with Gasteiger partial charge in [-0.3, -0.25) is 4.79 Å². The molecule has 13 heavy (non-hydrogen) atoms. The summed E-state index contributed by atoms with van der Waals surface area (Å²) in [6, 6.07) is 0. The van der Waals surface area contributed by atoms with Crippen molar-refractivity contribution in [3.63, 3.8) is 0 Å². The number of ketones is 1. The van der Waals surface area contributed by atoms with Gasteiger partial charge in [0, 0.05) is 12.8 Å². The summed E-state index contributed by atoms with van der Waals surface area (Å²) in [7, 11) is 0. The fourth-order valence-electron chi connectivity index (χ4n) is 1.34. The maximum Gasteiger partial charge on any atom is 0.133 e. The monoisotopic (exact) mass is 184 g/mol. The highest BCUT2D eigenvalue weighted by atomic mass is 16.1. The molecule has 1 nitrogen and oxygen atoms in total. The van der Waals surface area contributed by atoms with Crippen LogP contribution in [-0.4, -0.2) is 5.78 Å². The highest BCUT2D eigenvalue weighted by Gasteiger charge is 2.07. The van der Waals surface area contributed by atoms with Gasteiger partial charge in [0.05, 0.1) is 0 Å². The van der Waals surface area contributed by atoms with E-state index in [1.807, 2.05) is 0 Å². The summed E-state index contributed by atoms with van der Waals surface area (Å²) in [6.45, 7) is 8.71. The molecule has 0 fully saturated rings. The van der Waals surface area contributed by atoms with E-state index < -0.39 is 0 Å². The first kappa shape index (κ1) is 12.7. The van der Waals surface area contributed by atoms with Gasteiger partial charge in [-0.2, -0.15) is 0 Å². The topological polar surface area (TPSA) is 17.1 Å². The van der Waals surface area contributed by atoms with Gasteiger partial charge in [-0.1, -0.05) is 40.5 Å². The lowest BCUT2D eigenvalue weighted by molar-refractivity contribution is -0.120. The molecule has 0 saturated carbocycles. The number of Topliss-reactive ketones (excluding diaryl/α,β-unsaturated/α-hetero) is 1. The van der Waals surface area contributed by atoms with E-state index in [4.69, 9.17) is 0 Å². The molecule has 0 aromatic heterocycles. The lowest BCUT2D eigenvalue weighted by Gasteiger charge is -2.07. The first-order chi connectivity index (χ1) is 6.06. The van der Waals surface area contributed by atoms with Crippen molar-refractivity contribution in [2.75, 3.05) is 0 Å². The van der Waals surface area contributed by atoms with E-state index in [9.17, 15) is 4.79 Å². The molecule has 1 unspecified atom stereocenters. The highest BCUT2D eigenvalue weighted by molar-refractivity contribution is 5.78. The molecule has 0 N–H and O–H groups in total. The fraction of sp³-hybridized carbons (Fsp3) is 0.917. The minimum Gasteiger partial charge on any atom is -0.300 e. The van der Waals surface area contributed by atoms with Crippen LogP contribution in [0.3, 0.4) is 0 Å². The maximum atomic E-state index is 11.4. The number of hydrogen-bond donors (Lipinski definition) is 0. The summed E-state index contributed by atoms with van der Waals surface area (Å²) >= 11 is 0. The third-order valence-corrected chi connectivity index (χ3v) is 2.51. The molecule has 0 aliphatic rings. The van der Waals surface area contributed by atoms with Crippen LogP contribution in [0.1, 0.15) is 59.8 Å². The lowest BCUT2D eigenvalue weighted by Crippen LogP contribution is -2.04. The van der Waals surface area contributed by atoms with Crippen molar-refractivity contribution < 1.29 is 4.79 Å². The van der Waals surface area contributed by atoms with Gasteiger partial charge in [0.25, 0.3) is 0 Å². The van der Waals surface area contributed by atoms with Gasteiger partial charge in [0.15, 0.2) is 0 Å². The summed E-state index contributed by atoms with van der Waals surface area (Å²) in [5.74, 6) is 1.76. The van der Waals surface area contributed by atoms with Crippen LogP contribution in [0.4, 0.5) is 0 Å². The lowest BCUT2D eigenvalue weighted by atomic mass is 9.97. The highest BCUT2D eigenvalue weighted by Crippen LogP contribution is 2.12. The predicted octanol–water partition coefficient (Wildman–Crippen LogP) is 3.82. The first-order valence-corrected chi connectivity index (χ1v) is 5.58. The molecule has 0 rings (SSSR count). The van der Waals surface area contributed by atoms with Crippen molar-refractivity contribution in [3.8, 4) is 0 Å². The van der Waals surface area contributed by atoms with E-state index in [2.05, 4.69) is 27.7 Å². The van der Waals surface area contributed by atoms with Crippen molar-refractivity contribution in [1.82, 2.24) is 0 Å². The van der Waals surface area contributed by atoms with Gasteiger partial charge in [0.2, 0.25) is 0 Å². The minimum atomic E-state index is 0.454. The molecular formula is C12H24O. The van der Waals surface area contributed by atoms with Crippen LogP contribution in [-0.2, 0) is 4.79 Å². The van der Waals surface area contributed by atoms with E-state index in [1.54, 1.807) is 0 Å². The Morgan fingerprint density at radius 2 is 1.85 bits per heavy atom. The van der Waals surface area contributed by atoms with Gasteiger partial charge in [0.1, 0.15) is 5.78 Å². The second kappa shape index (κ2) is 7.11. The van der Waals surface area contributed by atoms with Crippen molar-refractivity contribution in [2.45, 2.75) is 59.8 Å². The molecule has 1 heteroatoms. The SMILES string of the molecule is CCC(C)CC(=O)CCCC(C)C. The maximum absolute atomic E-state index is 11.4. The summed E-state index contributed by atoms with van der Waals surface area (Å²) in [6.07, 6.45) is 4.96. The second-order valence-electron chi connectivity index (χ2n) is 4.54. The Kier molecular flexibility index (Phi) is 6.93. The number of hydrogen-bond acceptors (Lipinski definition) is 1. The average molecular weight is 184 g/mol. The normalized spacial score (nSPS) is 13.3. The molecule has 0 aromatic carbocycles. The minimum absolute atomic E-state index is 0.454. The molecule has 1 atom stereocenters. The van der Waals surface area contributed by atoms with Crippen molar-refractivity contribution in [2.24, 2.45) is 11.8 Å². The second-order valence-corrected chi connectivity index (χ2v) is 4.54. The molecule has 0 aliphatic carbocycles. The summed E-state index contributed by atoms with van der Waals surface area (Å²) in [4.78, 5) is 11.4. The molecular weight excluding hydrogens is 160 g/mol. The van der Waals surface area contributed by atoms with E-state index in [-0.39, 0.29) is 0 Å². The van der Waals surface area contributed by atoms with E-state index in [0.717, 1.165) is 31.6 Å². The largest absolute Gasteiger partial charge is 0.300 e. The standard InChI is InChI=1S/C12H24O/c1-5-11(4)9-12(13)8-6-7-10(2)3/h10-11H,5-9H2,1-4H3. The van der Waals surface area contributed by atoms with Crippen LogP contribution in [0, 0.1) is 11.8 Å². The third-order valence-electron chi connectivity index (χ3n) is 2.51. The first-order valence-electron chi connectivity index (χ1n) is 5.58. The molecule has 0 heterocycles. The van der Waals surface area contributed by atoms with Crippen LogP contribution in [0.15, 0.2) is 0 Å². The molecule has 0 aromatic rings. The smallest absolute Gasteiger partial charge is 0.133 e. The van der Waals surface area contributed by atoms with Crippen LogP contribution in [0.2, 0.25) is 0 Å². The Bertz CT molecular complexity index is 138. The van der Waals surface area contributed by atoms with Gasteiger partial charge < -0.3 is 0 Å². The van der Waals surface area contributed by atoms with Crippen LogP contribution in [0.25, 0.3) is 0 Å². The van der Waals surface area contributed by atoms with E-state index >= 15 is 0 Å². The Morgan fingerprint density at radius 1 is 1.23 bits per heavy atom. The van der Waals surface area contributed by atoms with Crippen molar-refractivity contribution >= 4 is 5.78 Å². The van der Waals surface area contributed by atoms with Gasteiger partial charge in [-0.15, -0.1) is 0 Å². The summed E-state index contributed by atoms with van der Waals surface area (Å²) in [5, 5.41) is 0. The van der Waals surface area contributed by atoms with Crippen LogP contribution >= 0.6 is 0 Å². The van der Waals surface area contributed by atoms with E-state index in [1.165, 1.54) is 6.42 Å². The molecule has 0 radical (unpaired) electrons. The summed E-state index contributed by atoms with van der Waals surface area (Å²) in [5.41, 5.74) is 0. The zero-order valence-electron chi connectivity index (χ0n) is 9.60. The van der Waals surface area contributed by atoms with Gasteiger partial charge in [-0.05, 0) is 18.3 Å². The van der Waals surface area contributed by atoms with Crippen LogP contribution < -0.4 is 0 Å². The Morgan fingerprint density at radius 3 is 2.31 bits per heavy atom. The fourth-order valence-corrected chi connectivity index (χ4v) is 1.34. The molecule has 0 saturated heterocycles. The Labute approximate surface area is 82.9 Å². The Balaban J connectivity index is 3.41. The zero-order valence-corrected chi connectivity index (χ0v) is 9.60. The van der Waals surface area contributed by atoms with Crippen molar-refractivity contribution in [1.29, 1.82) is 0 Å². The quantitative estimate of drug-likeness (QED) is 0.588. The molecule has 0 aliphatic heterocycles. The number of rotatable bonds is 7. The van der Waals surface area contributed by atoms with Gasteiger partial charge in [-0.25, -0.2) is 0 Å². The predicted molar refractivity (Wildman–Crippen MR) is 57.8 cm³/mol. The van der Waals surface area contributed by atoms with E-state index in [0.29, 0.717) is 11.7 Å². The summed E-state index contributed by atoms with van der Waals surface area (Å²) < 4.78 is 0. The van der Waals surface area contributed by atoms with Crippen molar-refractivity contribution in [3.05, 3.63) is 0 Å². The average Bonchev–Trinajstić information content (AvgIpc) is 2.03. The molecule has 78 valence electrons. The molecule has 0 spiro atoms. The third kappa shape index (κ3) is 8.01. The molecule has 0 bridgehead atoms. The van der Waals surface area contributed by atoms with Gasteiger partial charge >= 0.3 is 0 Å².